The summed E-state index contributed by atoms with van der Waals surface area (Å²) in [4.78, 5) is 22.9. The Morgan fingerprint density at radius 3 is 2.56 bits per heavy atom. The summed E-state index contributed by atoms with van der Waals surface area (Å²) in [5.74, 6) is -0.528. The third kappa shape index (κ3) is 5.50. The summed E-state index contributed by atoms with van der Waals surface area (Å²) in [6.07, 6.45) is 2.84. The van der Waals surface area contributed by atoms with Gasteiger partial charge in [-0.3, -0.25) is 9.59 Å². The Kier molecular flexibility index (Phi) is 7.20. The van der Waals surface area contributed by atoms with E-state index in [9.17, 15) is 9.59 Å². The Morgan fingerprint density at radius 2 is 2.06 bits per heavy atom. The van der Waals surface area contributed by atoms with Gasteiger partial charge in [0, 0.05) is 6.54 Å². The normalized spacial score (nSPS) is 13.7. The highest BCUT2D eigenvalue weighted by Gasteiger charge is 2.18. The maximum atomic E-state index is 11.5. The lowest BCUT2D eigenvalue weighted by Gasteiger charge is -2.16. The summed E-state index contributed by atoms with van der Waals surface area (Å²) >= 11 is 0. The predicted octanol–water partition coefficient (Wildman–Crippen LogP) is -0.0793. The van der Waals surface area contributed by atoms with Crippen molar-refractivity contribution < 1.29 is 9.59 Å². The zero-order valence-corrected chi connectivity index (χ0v) is 9.95. The van der Waals surface area contributed by atoms with E-state index >= 15 is 0 Å². The molecule has 0 rings (SSSR count). The van der Waals surface area contributed by atoms with Gasteiger partial charge in [0.2, 0.25) is 11.8 Å². The average Bonchev–Trinajstić information content (AvgIpc) is 2.25. The third-order valence-electron chi connectivity index (χ3n) is 2.06. The molecule has 4 N–H and O–H groups in total. The second-order valence-electron chi connectivity index (χ2n) is 3.65. The van der Waals surface area contributed by atoms with Gasteiger partial charge in [-0.25, -0.2) is 0 Å². The van der Waals surface area contributed by atoms with Crippen LogP contribution < -0.4 is 16.4 Å². The second kappa shape index (κ2) is 7.87. The molecule has 0 fully saturated rings. The van der Waals surface area contributed by atoms with Crippen molar-refractivity contribution in [2.75, 3.05) is 6.54 Å². The van der Waals surface area contributed by atoms with Crippen LogP contribution in [0.2, 0.25) is 0 Å². The molecular weight excluding hydrogens is 206 g/mol. The van der Waals surface area contributed by atoms with Crippen molar-refractivity contribution in [2.45, 2.75) is 38.8 Å². The number of rotatable bonds is 7. The topological polar surface area (TPSA) is 84.2 Å². The minimum absolute atomic E-state index is 0.194. The number of nitrogens with one attached hydrogen (secondary N) is 2. The first-order valence-corrected chi connectivity index (χ1v) is 5.47. The molecule has 2 amide bonds. The highest BCUT2D eigenvalue weighted by molar-refractivity contribution is 5.89. The van der Waals surface area contributed by atoms with Gasteiger partial charge in [-0.05, 0) is 19.8 Å². The van der Waals surface area contributed by atoms with Crippen molar-refractivity contribution in [3.8, 4) is 0 Å². The van der Waals surface area contributed by atoms with Gasteiger partial charge in [0.05, 0.1) is 6.04 Å². The Balaban J connectivity index is 4.02. The molecule has 0 saturated carbocycles. The fourth-order valence-electron chi connectivity index (χ4n) is 1.07. The first kappa shape index (κ1) is 14.6. The summed E-state index contributed by atoms with van der Waals surface area (Å²) in [5, 5.41) is 5.24. The summed E-state index contributed by atoms with van der Waals surface area (Å²) < 4.78 is 0. The van der Waals surface area contributed by atoms with Crippen LogP contribution in [-0.4, -0.2) is 30.4 Å². The number of carbonyl (C=O) groups is 2. The van der Waals surface area contributed by atoms with Crippen molar-refractivity contribution in [2.24, 2.45) is 5.73 Å². The SMILES string of the molecule is C=CCC(N)C(=O)NC(C)C(=O)NCCC. The van der Waals surface area contributed by atoms with Crippen molar-refractivity contribution >= 4 is 11.8 Å². The van der Waals surface area contributed by atoms with E-state index in [-0.39, 0.29) is 11.8 Å². The van der Waals surface area contributed by atoms with Gasteiger partial charge in [-0.1, -0.05) is 13.0 Å². The van der Waals surface area contributed by atoms with Crippen LogP contribution in [0.5, 0.6) is 0 Å². The molecule has 0 aliphatic carbocycles. The smallest absolute Gasteiger partial charge is 0.242 e. The first-order chi connectivity index (χ1) is 7.52. The molecule has 2 atom stereocenters. The van der Waals surface area contributed by atoms with Crippen LogP contribution >= 0.6 is 0 Å². The molecule has 5 heteroatoms. The second-order valence-corrected chi connectivity index (χ2v) is 3.65. The van der Waals surface area contributed by atoms with Crippen LogP contribution in [-0.2, 0) is 9.59 Å². The maximum absolute atomic E-state index is 11.5. The molecular formula is C11H21N3O2. The maximum Gasteiger partial charge on any atom is 0.242 e. The van der Waals surface area contributed by atoms with Gasteiger partial charge < -0.3 is 16.4 Å². The van der Waals surface area contributed by atoms with Crippen LogP contribution in [0.4, 0.5) is 0 Å². The molecule has 0 radical (unpaired) electrons. The monoisotopic (exact) mass is 227 g/mol. The summed E-state index contributed by atoms with van der Waals surface area (Å²) in [6.45, 7) is 7.70. The minimum Gasteiger partial charge on any atom is -0.354 e. The van der Waals surface area contributed by atoms with E-state index in [4.69, 9.17) is 5.73 Å². The minimum atomic E-state index is -0.640. The lowest BCUT2D eigenvalue weighted by molar-refractivity contribution is -0.129. The molecule has 0 aromatic rings. The fourth-order valence-corrected chi connectivity index (χ4v) is 1.07. The standard InChI is InChI=1S/C11H21N3O2/c1-4-6-9(12)11(16)14-8(3)10(15)13-7-5-2/h4,8-9H,1,5-7,12H2,2-3H3,(H,13,15)(H,14,16). The van der Waals surface area contributed by atoms with Crippen LogP contribution in [0.15, 0.2) is 12.7 Å². The lowest BCUT2D eigenvalue weighted by atomic mass is 10.2. The van der Waals surface area contributed by atoms with Gasteiger partial charge in [-0.15, -0.1) is 6.58 Å². The highest BCUT2D eigenvalue weighted by atomic mass is 16.2. The number of carbonyl (C=O) groups excluding carboxylic acids is 2. The molecule has 0 heterocycles. The van der Waals surface area contributed by atoms with E-state index in [1.807, 2.05) is 6.92 Å². The molecule has 0 aromatic carbocycles. The average molecular weight is 227 g/mol. The van der Waals surface area contributed by atoms with Crippen LogP contribution in [0.25, 0.3) is 0 Å². The number of hydrogen-bond acceptors (Lipinski definition) is 3. The molecule has 0 saturated heterocycles. The van der Waals surface area contributed by atoms with E-state index in [1.165, 1.54) is 0 Å². The van der Waals surface area contributed by atoms with Gasteiger partial charge in [0.1, 0.15) is 6.04 Å². The van der Waals surface area contributed by atoms with Gasteiger partial charge in [-0.2, -0.15) is 0 Å². The summed E-state index contributed by atoms with van der Waals surface area (Å²) in [6, 6.07) is -1.20. The first-order valence-electron chi connectivity index (χ1n) is 5.47. The molecule has 0 spiro atoms. The number of amides is 2. The lowest BCUT2D eigenvalue weighted by Crippen LogP contribution is -2.50. The van der Waals surface area contributed by atoms with Crippen LogP contribution in [0.1, 0.15) is 26.7 Å². The van der Waals surface area contributed by atoms with Crippen LogP contribution in [0, 0.1) is 0 Å². The zero-order valence-electron chi connectivity index (χ0n) is 9.95. The van der Waals surface area contributed by atoms with Crippen molar-refractivity contribution in [3.05, 3.63) is 12.7 Å². The molecule has 0 aliphatic heterocycles. The molecule has 92 valence electrons. The zero-order chi connectivity index (χ0) is 12.6. The molecule has 5 nitrogen and oxygen atoms in total. The van der Waals surface area contributed by atoms with E-state index < -0.39 is 12.1 Å². The molecule has 2 unspecified atom stereocenters. The number of hydrogen-bond donors (Lipinski definition) is 3. The van der Waals surface area contributed by atoms with Crippen molar-refractivity contribution in [1.29, 1.82) is 0 Å². The fraction of sp³-hybridized carbons (Fsp3) is 0.636. The summed E-state index contributed by atoms with van der Waals surface area (Å²) in [7, 11) is 0. The Hall–Kier alpha value is -1.36. The Morgan fingerprint density at radius 1 is 1.44 bits per heavy atom. The van der Waals surface area contributed by atoms with E-state index in [2.05, 4.69) is 17.2 Å². The van der Waals surface area contributed by atoms with E-state index in [1.54, 1.807) is 13.0 Å². The Labute approximate surface area is 96.5 Å². The van der Waals surface area contributed by atoms with Gasteiger partial charge >= 0.3 is 0 Å². The summed E-state index contributed by atoms with van der Waals surface area (Å²) in [5.41, 5.74) is 5.56. The van der Waals surface area contributed by atoms with Gasteiger partial charge in [0.15, 0.2) is 0 Å². The predicted molar refractivity (Wildman–Crippen MR) is 63.7 cm³/mol. The van der Waals surface area contributed by atoms with Crippen molar-refractivity contribution in [3.63, 3.8) is 0 Å². The van der Waals surface area contributed by atoms with E-state index in [0.29, 0.717) is 13.0 Å². The van der Waals surface area contributed by atoms with E-state index in [0.717, 1.165) is 6.42 Å². The molecule has 0 bridgehead atoms. The molecule has 0 aliphatic rings. The Bertz CT molecular complexity index is 254. The number of nitrogens with two attached hydrogens (primary N) is 1. The third-order valence-corrected chi connectivity index (χ3v) is 2.06. The van der Waals surface area contributed by atoms with Gasteiger partial charge in [0.25, 0.3) is 0 Å². The highest BCUT2D eigenvalue weighted by Crippen LogP contribution is 1.91. The van der Waals surface area contributed by atoms with Crippen molar-refractivity contribution in [1.82, 2.24) is 10.6 Å². The molecule has 16 heavy (non-hydrogen) atoms. The van der Waals surface area contributed by atoms with Crippen LogP contribution in [0.3, 0.4) is 0 Å². The quantitative estimate of drug-likeness (QED) is 0.532. The largest absolute Gasteiger partial charge is 0.354 e. The molecule has 0 aromatic heterocycles.